The van der Waals surface area contributed by atoms with E-state index in [9.17, 15) is 72.6 Å². The summed E-state index contributed by atoms with van der Waals surface area (Å²) in [7, 11) is -21.0. The average molecular weight is 1120 g/mol. The first-order chi connectivity index (χ1) is 34.1. The number of fused-ring (bicyclic) bond motifs is 2. The summed E-state index contributed by atoms with van der Waals surface area (Å²) < 4.78 is 108. The van der Waals surface area contributed by atoms with E-state index in [2.05, 4.69) is 43.0 Å². The lowest BCUT2D eigenvalue weighted by molar-refractivity contribution is -0.745. The molecule has 37 nitrogen and oxygen atoms in total. The van der Waals surface area contributed by atoms with Crippen LogP contribution in [0.1, 0.15) is 24.4 Å². The Morgan fingerprint density at radius 1 is 0.726 bits per heavy atom. The molecule has 3 fully saturated rings. The predicted octanol–water partition coefficient (Wildman–Crippen LogP) is -4.57. The maximum absolute atomic E-state index is 13.6. The summed E-state index contributed by atoms with van der Waals surface area (Å²) in [5, 5.41) is 42.8. The third kappa shape index (κ3) is 11.5. The number of anilines is 2. The van der Waals surface area contributed by atoms with Gasteiger partial charge in [-0.25, -0.2) is 32.6 Å². The Hall–Kier alpha value is -4.62. The van der Waals surface area contributed by atoms with Crippen LogP contribution in [0.5, 0.6) is 0 Å². The molecule has 5 aromatic rings. The summed E-state index contributed by atoms with van der Waals surface area (Å²) in [5.74, 6) is -0.716. The Morgan fingerprint density at radius 3 is 1.95 bits per heavy atom. The standard InChI is InChI=1S/C32H44N12O25P4/c1-11-4-5-42(32(51)36-11)27-19(47)17(45)12(64-27)6-61-70(52,53)67-21-14(66-29(22(21)60-3)43-9-35-15-23(43)37-30(33)39-25(15)49)8-63-72(56,57)69-73(58,59)68-71(54,55)62-7-13-18(46)20(48)28(65-13)44-10-41(2)16-24(44)38-31(34)40-26(16)50/h4-5,9-10,12-14,17-22,27-29,45-48H,6-8H2,1-3H3,(H9-,33,34,37,38,39,40,49,50,52,53,54,55,56,57,58,59)/p+1. The Morgan fingerprint density at radius 2 is 1.30 bits per heavy atom. The molecule has 73 heavy (non-hydrogen) atoms. The minimum atomic E-state index is -6.22. The van der Waals surface area contributed by atoms with Gasteiger partial charge in [-0.05, 0) is 13.0 Å². The van der Waals surface area contributed by atoms with E-state index in [1.807, 2.05) is 0 Å². The molecular weight excluding hydrogens is 1080 g/mol. The number of aromatic nitrogens is 10. The average Bonchev–Trinajstić information content (AvgIpc) is 4.07. The second-order valence-electron chi connectivity index (χ2n) is 16.1. The van der Waals surface area contributed by atoms with Gasteiger partial charge in [-0.3, -0.25) is 51.4 Å². The van der Waals surface area contributed by atoms with E-state index < -0.39 is 147 Å². The number of rotatable bonds is 19. The highest BCUT2D eigenvalue weighted by Crippen LogP contribution is 2.68. The number of ether oxygens (including phenoxy) is 4. The van der Waals surface area contributed by atoms with Crippen LogP contribution in [0.2, 0.25) is 0 Å². The second kappa shape index (κ2) is 20.5. The largest absolute Gasteiger partial charge is 0.490 e. The number of imidazole rings is 2. The first-order valence-electron chi connectivity index (χ1n) is 20.7. The van der Waals surface area contributed by atoms with Crippen molar-refractivity contribution in [3.05, 3.63) is 61.8 Å². The maximum Gasteiger partial charge on any atom is 0.490 e. The molecule has 3 aliphatic rings. The molecule has 0 amide bonds. The molecule has 16 atom stereocenters. The van der Waals surface area contributed by atoms with Gasteiger partial charge in [0.2, 0.25) is 17.7 Å². The summed E-state index contributed by atoms with van der Waals surface area (Å²) in [6.45, 7) is -1.95. The number of phosphoric acid groups is 4. The normalized spacial score (nSPS) is 30.9. The van der Waals surface area contributed by atoms with Crippen molar-refractivity contribution in [3.63, 3.8) is 0 Å². The molecule has 8 rings (SSSR count). The molecule has 0 spiro atoms. The summed E-state index contributed by atoms with van der Waals surface area (Å²) >= 11 is 0. The smallest absolute Gasteiger partial charge is 0.387 e. The van der Waals surface area contributed by atoms with Gasteiger partial charge < -0.3 is 70.4 Å². The lowest BCUT2D eigenvalue weighted by atomic mass is 10.1. The molecule has 8 heterocycles. The molecule has 41 heteroatoms. The first-order valence-corrected chi connectivity index (χ1v) is 26.7. The van der Waals surface area contributed by atoms with E-state index in [1.54, 1.807) is 0 Å². The summed E-state index contributed by atoms with van der Waals surface area (Å²) in [6, 6.07) is 1.41. The number of methoxy groups -OCH3 is 1. The van der Waals surface area contributed by atoms with Crippen LogP contribution in [0.3, 0.4) is 0 Å². The van der Waals surface area contributed by atoms with Gasteiger partial charge in [0.25, 0.3) is 17.1 Å². The van der Waals surface area contributed by atoms with Crippen LogP contribution in [-0.2, 0) is 71.0 Å². The first kappa shape index (κ1) is 54.6. The minimum absolute atomic E-state index is 0.0288. The SMILES string of the molecule is COC1C(OP(=O)(O)OCC2OC(n3ccc(C)nc3=O)C(O)C2O)C(COP(=O)(O)OP(=O)(O)OP(=O)(O)OCC2OC([n+]3cn(C)c4c(=O)[nH]c(N)nc43)C(O)C2O)OC1n1cnc2c(=O)[nH]c(N)nc21. The van der Waals surface area contributed by atoms with Crippen LogP contribution < -0.4 is 32.8 Å². The maximum atomic E-state index is 13.6. The number of nitrogens with one attached hydrogen (secondary N) is 2. The molecule has 3 aliphatic heterocycles. The number of aromatic amines is 2. The quantitative estimate of drug-likeness (QED) is 0.0274. The Balaban J connectivity index is 0.939. The van der Waals surface area contributed by atoms with Crippen LogP contribution >= 0.6 is 31.3 Å². The van der Waals surface area contributed by atoms with Crippen molar-refractivity contribution >= 4 is 65.5 Å². The van der Waals surface area contributed by atoms with Gasteiger partial charge in [-0.1, -0.05) is 4.98 Å². The monoisotopic (exact) mass is 1120 g/mol. The Labute approximate surface area is 404 Å². The molecule has 14 N–H and O–H groups in total. The summed E-state index contributed by atoms with van der Waals surface area (Å²) in [6.07, 6.45) is -17.2. The van der Waals surface area contributed by atoms with Crippen molar-refractivity contribution < 1.29 is 108 Å². The lowest BCUT2D eigenvalue weighted by Gasteiger charge is -2.26. The molecule has 0 aromatic carbocycles. The van der Waals surface area contributed by atoms with Crippen LogP contribution in [-0.4, -0.2) is 165 Å². The van der Waals surface area contributed by atoms with E-state index in [4.69, 9.17) is 44.0 Å². The number of aliphatic hydroxyl groups is 4. The molecule has 402 valence electrons. The molecule has 0 bridgehead atoms. The van der Waals surface area contributed by atoms with Crippen molar-refractivity contribution in [2.24, 2.45) is 7.05 Å². The third-order valence-corrected chi connectivity index (χ3v) is 16.4. The van der Waals surface area contributed by atoms with Crippen LogP contribution in [0.15, 0.2) is 39.3 Å². The Bertz CT molecular complexity index is 3280. The number of nitrogens with zero attached hydrogens (tertiary/aromatic N) is 8. The fourth-order valence-electron chi connectivity index (χ4n) is 7.92. The van der Waals surface area contributed by atoms with Gasteiger partial charge in [0.1, 0.15) is 54.9 Å². The number of hydrogen-bond donors (Lipinski definition) is 12. The van der Waals surface area contributed by atoms with Crippen molar-refractivity contribution in [1.29, 1.82) is 0 Å². The number of nitrogens with two attached hydrogens (primary N) is 2. The van der Waals surface area contributed by atoms with Gasteiger partial charge >= 0.3 is 42.6 Å². The summed E-state index contributed by atoms with van der Waals surface area (Å²) in [4.78, 5) is 99.8. The minimum Gasteiger partial charge on any atom is -0.387 e. The zero-order valence-corrected chi connectivity index (χ0v) is 41.0. The molecular formula is C32H45N12O25P4+. The fourth-order valence-corrected chi connectivity index (χ4v) is 12.4. The zero-order valence-electron chi connectivity index (χ0n) is 37.4. The van der Waals surface area contributed by atoms with Gasteiger partial charge in [0.15, 0.2) is 29.9 Å². The third-order valence-electron chi connectivity index (χ3n) is 11.1. The van der Waals surface area contributed by atoms with E-state index in [-0.39, 0.29) is 28.3 Å². The van der Waals surface area contributed by atoms with E-state index >= 15 is 0 Å². The fraction of sp³-hybridized carbons (Fsp3) is 0.562. The lowest BCUT2D eigenvalue weighted by Crippen LogP contribution is -2.46. The van der Waals surface area contributed by atoms with Crippen LogP contribution in [0.25, 0.3) is 22.3 Å². The number of nitrogen functional groups attached to an aromatic ring is 2. The molecule has 16 unspecified atom stereocenters. The molecule has 5 aromatic heterocycles. The van der Waals surface area contributed by atoms with Gasteiger partial charge in [0.05, 0.1) is 33.2 Å². The topological polar surface area (TPSA) is 527 Å². The summed E-state index contributed by atoms with van der Waals surface area (Å²) in [5.41, 5.74) is 8.66. The van der Waals surface area contributed by atoms with Crippen molar-refractivity contribution in [1.82, 2.24) is 43.6 Å². The highest BCUT2D eigenvalue weighted by atomic mass is 31.3. The Kier molecular flexibility index (Phi) is 15.3. The van der Waals surface area contributed by atoms with Crippen LogP contribution in [0, 0.1) is 6.92 Å². The molecule has 0 radical (unpaired) electrons. The number of phosphoric ester groups is 3. The number of aryl methyl sites for hydroxylation is 2. The van der Waals surface area contributed by atoms with E-state index in [0.29, 0.717) is 5.69 Å². The zero-order chi connectivity index (χ0) is 53.3. The van der Waals surface area contributed by atoms with Gasteiger partial charge in [-0.2, -0.15) is 18.6 Å². The molecule has 0 saturated carbocycles. The van der Waals surface area contributed by atoms with Crippen molar-refractivity contribution in [3.8, 4) is 0 Å². The van der Waals surface area contributed by atoms with Crippen molar-refractivity contribution in [2.75, 3.05) is 38.4 Å². The molecule has 3 saturated heterocycles. The van der Waals surface area contributed by atoms with Crippen LogP contribution in [0.4, 0.5) is 11.9 Å². The number of aliphatic hydroxyl groups excluding tert-OH is 4. The van der Waals surface area contributed by atoms with Crippen molar-refractivity contribution in [2.45, 2.75) is 80.5 Å². The molecule has 0 aliphatic carbocycles. The number of hydrogen-bond acceptors (Lipinski definition) is 27. The highest BCUT2D eigenvalue weighted by Gasteiger charge is 2.54. The van der Waals surface area contributed by atoms with E-state index in [0.717, 1.165) is 27.1 Å². The number of H-pyrrole nitrogens is 2. The van der Waals surface area contributed by atoms with Gasteiger partial charge in [0, 0.05) is 19.0 Å². The second-order valence-corrected chi connectivity index (χ2v) is 22.2. The highest BCUT2D eigenvalue weighted by molar-refractivity contribution is 7.66. The predicted molar refractivity (Wildman–Crippen MR) is 232 cm³/mol. The van der Waals surface area contributed by atoms with E-state index in [1.165, 1.54) is 37.1 Å². The van der Waals surface area contributed by atoms with Gasteiger partial charge in [-0.15, -0.1) is 0 Å².